The highest BCUT2D eigenvalue weighted by atomic mass is 32.2. The van der Waals surface area contributed by atoms with Crippen LogP contribution in [-0.2, 0) is 11.8 Å². The minimum atomic E-state index is -0.261. The predicted octanol–water partition coefficient (Wildman–Crippen LogP) is 4.24. The molecule has 0 saturated heterocycles. The number of aryl methyl sites for hydroxylation is 4. The maximum Gasteiger partial charge on any atom is 0.257 e. The molecule has 2 amide bonds. The zero-order valence-electron chi connectivity index (χ0n) is 19.1. The average Bonchev–Trinajstić information content (AvgIpc) is 3.39. The SMILES string of the molecule is Cc1ccc(-c2nc(NC(=O)c3ccc(NC(=O)CSc4nnnn4C)cc3)sc2C)cc1C. The number of carbonyl (C=O) groups is 2. The van der Waals surface area contributed by atoms with E-state index >= 15 is 0 Å². The van der Waals surface area contributed by atoms with E-state index in [1.165, 1.54) is 38.9 Å². The first-order valence-corrected chi connectivity index (χ1v) is 12.2. The van der Waals surface area contributed by atoms with Crippen molar-refractivity contribution in [1.29, 1.82) is 0 Å². The van der Waals surface area contributed by atoms with Crippen LogP contribution in [0.4, 0.5) is 10.8 Å². The topological polar surface area (TPSA) is 115 Å². The van der Waals surface area contributed by atoms with Crippen molar-refractivity contribution < 1.29 is 9.59 Å². The number of thioether (sulfide) groups is 1. The fourth-order valence-electron chi connectivity index (χ4n) is 3.15. The van der Waals surface area contributed by atoms with E-state index in [9.17, 15) is 9.59 Å². The van der Waals surface area contributed by atoms with Gasteiger partial charge in [0.15, 0.2) is 5.13 Å². The normalized spacial score (nSPS) is 10.8. The van der Waals surface area contributed by atoms with Gasteiger partial charge in [0, 0.05) is 28.7 Å². The highest BCUT2D eigenvalue weighted by Gasteiger charge is 2.14. The van der Waals surface area contributed by atoms with E-state index < -0.39 is 0 Å². The van der Waals surface area contributed by atoms with E-state index in [-0.39, 0.29) is 17.6 Å². The van der Waals surface area contributed by atoms with Crippen LogP contribution in [0.25, 0.3) is 11.3 Å². The molecule has 0 aliphatic carbocycles. The number of benzene rings is 2. The number of tetrazole rings is 1. The smallest absolute Gasteiger partial charge is 0.257 e. The summed E-state index contributed by atoms with van der Waals surface area (Å²) < 4.78 is 1.50. The number of rotatable bonds is 7. The van der Waals surface area contributed by atoms with Gasteiger partial charge in [-0.15, -0.1) is 16.4 Å². The fraction of sp³-hybridized carbons (Fsp3) is 0.217. The van der Waals surface area contributed by atoms with Gasteiger partial charge in [-0.1, -0.05) is 23.9 Å². The van der Waals surface area contributed by atoms with Gasteiger partial charge in [0.05, 0.1) is 11.4 Å². The number of aromatic nitrogens is 5. The molecule has 0 bridgehead atoms. The van der Waals surface area contributed by atoms with E-state index in [2.05, 4.69) is 57.1 Å². The molecule has 2 aromatic carbocycles. The molecule has 0 aliphatic heterocycles. The quantitative estimate of drug-likeness (QED) is 0.370. The lowest BCUT2D eigenvalue weighted by Gasteiger charge is -2.06. The summed E-state index contributed by atoms with van der Waals surface area (Å²) in [5, 5.41) is 17.9. The van der Waals surface area contributed by atoms with Crippen molar-refractivity contribution >= 4 is 45.7 Å². The summed E-state index contributed by atoms with van der Waals surface area (Å²) in [6.45, 7) is 6.14. The number of nitrogens with zero attached hydrogens (tertiary/aromatic N) is 5. The predicted molar refractivity (Wildman–Crippen MR) is 134 cm³/mol. The van der Waals surface area contributed by atoms with Crippen LogP contribution in [-0.4, -0.2) is 42.8 Å². The Morgan fingerprint density at radius 3 is 2.47 bits per heavy atom. The van der Waals surface area contributed by atoms with E-state index in [0.717, 1.165) is 16.1 Å². The molecule has 0 atom stereocenters. The fourth-order valence-corrected chi connectivity index (χ4v) is 4.63. The second-order valence-electron chi connectivity index (χ2n) is 7.68. The van der Waals surface area contributed by atoms with Crippen LogP contribution in [0, 0.1) is 20.8 Å². The van der Waals surface area contributed by atoms with Gasteiger partial charge in [-0.2, -0.15) is 0 Å². The summed E-state index contributed by atoms with van der Waals surface area (Å²) in [4.78, 5) is 30.6. The minimum absolute atomic E-state index is 0.169. The van der Waals surface area contributed by atoms with E-state index in [1.807, 2.05) is 13.0 Å². The average molecular weight is 494 g/mol. The summed E-state index contributed by atoms with van der Waals surface area (Å²) in [5.74, 6) is -0.284. The van der Waals surface area contributed by atoms with Gasteiger partial charge < -0.3 is 5.32 Å². The molecule has 0 fully saturated rings. The third-order valence-electron chi connectivity index (χ3n) is 5.14. The summed E-state index contributed by atoms with van der Waals surface area (Å²) in [7, 11) is 1.71. The Morgan fingerprint density at radius 1 is 1.03 bits per heavy atom. The largest absolute Gasteiger partial charge is 0.325 e. The number of amides is 2. The number of thiazole rings is 1. The zero-order valence-corrected chi connectivity index (χ0v) is 20.8. The molecule has 4 aromatic rings. The molecule has 0 spiro atoms. The first-order valence-electron chi connectivity index (χ1n) is 10.4. The van der Waals surface area contributed by atoms with Gasteiger partial charge in [-0.05, 0) is 72.7 Å². The lowest BCUT2D eigenvalue weighted by Crippen LogP contribution is -2.15. The molecule has 2 N–H and O–H groups in total. The molecular weight excluding hydrogens is 470 g/mol. The van der Waals surface area contributed by atoms with Crippen LogP contribution >= 0.6 is 23.1 Å². The van der Waals surface area contributed by atoms with E-state index in [0.29, 0.717) is 21.5 Å². The molecule has 4 rings (SSSR count). The third-order valence-corrected chi connectivity index (χ3v) is 7.04. The monoisotopic (exact) mass is 493 g/mol. The second kappa shape index (κ2) is 10.1. The number of hydrogen-bond donors (Lipinski definition) is 2. The lowest BCUT2D eigenvalue weighted by molar-refractivity contribution is -0.113. The van der Waals surface area contributed by atoms with E-state index in [1.54, 1.807) is 31.3 Å². The van der Waals surface area contributed by atoms with Crippen molar-refractivity contribution in [2.75, 3.05) is 16.4 Å². The second-order valence-corrected chi connectivity index (χ2v) is 9.82. The van der Waals surface area contributed by atoms with Crippen molar-refractivity contribution in [2.24, 2.45) is 7.05 Å². The van der Waals surface area contributed by atoms with Gasteiger partial charge in [0.2, 0.25) is 11.1 Å². The van der Waals surface area contributed by atoms with Gasteiger partial charge in [0.1, 0.15) is 0 Å². The summed E-state index contributed by atoms with van der Waals surface area (Å²) in [6, 6.07) is 12.9. The molecule has 0 saturated carbocycles. The summed E-state index contributed by atoms with van der Waals surface area (Å²) in [5.41, 5.74) is 5.40. The zero-order chi connectivity index (χ0) is 24.2. The molecule has 2 heterocycles. The molecule has 0 radical (unpaired) electrons. The Balaban J connectivity index is 1.36. The minimum Gasteiger partial charge on any atom is -0.325 e. The van der Waals surface area contributed by atoms with Crippen LogP contribution in [0.5, 0.6) is 0 Å². The molecule has 174 valence electrons. The third kappa shape index (κ3) is 5.49. The molecule has 34 heavy (non-hydrogen) atoms. The van der Waals surface area contributed by atoms with Crippen LogP contribution in [0.15, 0.2) is 47.6 Å². The maximum atomic E-state index is 12.7. The molecule has 11 heteroatoms. The highest BCUT2D eigenvalue weighted by Crippen LogP contribution is 2.31. The first-order chi connectivity index (χ1) is 16.3. The Morgan fingerprint density at radius 2 is 1.79 bits per heavy atom. The number of hydrogen-bond acceptors (Lipinski definition) is 8. The first kappa shape index (κ1) is 23.6. The number of anilines is 2. The number of nitrogens with one attached hydrogen (secondary N) is 2. The Hall–Kier alpha value is -3.57. The van der Waals surface area contributed by atoms with Crippen molar-refractivity contribution in [3.63, 3.8) is 0 Å². The van der Waals surface area contributed by atoms with Crippen LogP contribution < -0.4 is 10.6 Å². The lowest BCUT2D eigenvalue weighted by atomic mass is 10.0. The molecule has 0 aliphatic rings. The van der Waals surface area contributed by atoms with Gasteiger partial charge in [-0.25, -0.2) is 9.67 Å². The molecular formula is C23H23N7O2S2. The summed E-state index contributed by atoms with van der Waals surface area (Å²) in [6.07, 6.45) is 0. The van der Waals surface area contributed by atoms with Crippen molar-refractivity contribution in [1.82, 2.24) is 25.2 Å². The van der Waals surface area contributed by atoms with E-state index in [4.69, 9.17) is 0 Å². The maximum absolute atomic E-state index is 12.7. The van der Waals surface area contributed by atoms with Crippen molar-refractivity contribution in [2.45, 2.75) is 25.9 Å². The van der Waals surface area contributed by atoms with Crippen LogP contribution in [0.1, 0.15) is 26.4 Å². The molecule has 9 nitrogen and oxygen atoms in total. The number of carbonyl (C=O) groups excluding carboxylic acids is 2. The standard InChI is InChI=1S/C23H23N7O2S2/c1-13-5-6-17(11-14(13)2)20-15(3)34-22(25-20)26-21(32)16-7-9-18(10-8-16)24-19(31)12-33-23-27-28-29-30(23)4/h5-11H,12H2,1-4H3,(H,24,31)(H,25,26,32). The molecule has 0 unspecified atom stereocenters. The van der Waals surface area contributed by atoms with Gasteiger partial charge >= 0.3 is 0 Å². The Kier molecular flexibility index (Phi) is 7.03. The van der Waals surface area contributed by atoms with Gasteiger partial charge in [0.25, 0.3) is 5.91 Å². The van der Waals surface area contributed by atoms with Crippen molar-refractivity contribution in [3.8, 4) is 11.3 Å². The summed E-state index contributed by atoms with van der Waals surface area (Å²) >= 11 is 2.68. The van der Waals surface area contributed by atoms with Crippen LogP contribution in [0.2, 0.25) is 0 Å². The van der Waals surface area contributed by atoms with Gasteiger partial charge in [-0.3, -0.25) is 14.9 Å². The molecule has 2 aromatic heterocycles. The highest BCUT2D eigenvalue weighted by molar-refractivity contribution is 7.99. The van der Waals surface area contributed by atoms with Crippen molar-refractivity contribution in [3.05, 3.63) is 64.0 Å². The van der Waals surface area contributed by atoms with Crippen LogP contribution in [0.3, 0.4) is 0 Å². The Bertz CT molecular complexity index is 1350. The Labute approximate surface area is 205 Å².